The standard InChI is InChI=1S/C32H38N2O6/c1-5-16-33(24-17-20(3)12-13-21(24)4)29(37)27-32-15-14-31(6-2,40-32)26(30(38)39)25(32)28(36)34(27)23(19-35)18-22-10-8-7-9-11-22/h5,7-13,17,23,25-27,35H,1,6,14-16,18-19H2,2-4H3,(H,38,39)/t23-,25+,26+,27?,31-,32?/m1/s1. The molecule has 6 atom stereocenters. The van der Waals surface area contributed by atoms with Gasteiger partial charge in [-0.05, 0) is 62.3 Å². The number of amides is 2. The lowest BCUT2D eigenvalue weighted by Crippen LogP contribution is -2.59. The topological polar surface area (TPSA) is 107 Å². The number of likely N-dealkylation sites (tertiary alicyclic amines) is 1. The minimum atomic E-state index is -1.30. The number of aliphatic hydroxyl groups excluding tert-OH is 1. The van der Waals surface area contributed by atoms with Gasteiger partial charge in [0.2, 0.25) is 5.91 Å². The van der Waals surface area contributed by atoms with E-state index < -0.39 is 47.0 Å². The number of carboxylic acid groups (broad SMARTS) is 1. The molecule has 3 fully saturated rings. The number of aryl methyl sites for hydroxylation is 2. The highest BCUT2D eigenvalue weighted by Gasteiger charge is 2.79. The summed E-state index contributed by atoms with van der Waals surface area (Å²) in [5.41, 5.74) is 1.16. The summed E-state index contributed by atoms with van der Waals surface area (Å²) in [6.07, 6.45) is 3.24. The Morgan fingerprint density at radius 3 is 2.55 bits per heavy atom. The summed E-state index contributed by atoms with van der Waals surface area (Å²) < 4.78 is 6.69. The molecule has 3 saturated heterocycles. The van der Waals surface area contributed by atoms with Crippen molar-refractivity contribution in [3.05, 3.63) is 77.9 Å². The fraction of sp³-hybridized carbons (Fsp3) is 0.469. The predicted molar refractivity (Wildman–Crippen MR) is 151 cm³/mol. The minimum Gasteiger partial charge on any atom is -0.481 e. The van der Waals surface area contributed by atoms with E-state index in [4.69, 9.17) is 4.74 Å². The SMILES string of the molecule is C=CCN(C(=O)C1N([C@@H](CO)Cc2ccccc2)C(=O)[C@@H]2[C@@H](C(=O)O)[C@@]3(CC)CCC12O3)c1cc(C)ccc1C. The average molecular weight is 547 g/mol. The van der Waals surface area contributed by atoms with Crippen molar-refractivity contribution in [2.75, 3.05) is 18.1 Å². The van der Waals surface area contributed by atoms with Crippen molar-refractivity contribution in [2.45, 2.75) is 69.7 Å². The lowest BCUT2D eigenvalue weighted by atomic mass is 9.65. The number of ether oxygens (including phenoxy) is 1. The van der Waals surface area contributed by atoms with Crippen molar-refractivity contribution in [1.82, 2.24) is 4.90 Å². The van der Waals surface area contributed by atoms with Crippen LogP contribution >= 0.6 is 0 Å². The van der Waals surface area contributed by atoms with Gasteiger partial charge in [-0.25, -0.2) is 0 Å². The molecule has 0 radical (unpaired) electrons. The highest BCUT2D eigenvalue weighted by atomic mass is 16.5. The molecule has 212 valence electrons. The third kappa shape index (κ3) is 4.16. The van der Waals surface area contributed by atoms with Gasteiger partial charge in [0.25, 0.3) is 5.91 Å². The zero-order valence-corrected chi connectivity index (χ0v) is 23.4. The lowest BCUT2D eigenvalue weighted by Gasteiger charge is -2.40. The third-order valence-electron chi connectivity index (χ3n) is 9.27. The van der Waals surface area contributed by atoms with Crippen LogP contribution in [0.15, 0.2) is 61.2 Å². The predicted octanol–water partition coefficient (Wildman–Crippen LogP) is 3.67. The number of carbonyl (C=O) groups excluding carboxylic acids is 2. The molecule has 1 spiro atoms. The number of aliphatic hydroxyl groups is 1. The van der Waals surface area contributed by atoms with E-state index in [-0.39, 0.29) is 19.1 Å². The first kappa shape index (κ1) is 28.1. The van der Waals surface area contributed by atoms with Crippen molar-refractivity contribution in [2.24, 2.45) is 11.8 Å². The first-order valence-corrected chi connectivity index (χ1v) is 14.0. The number of rotatable bonds is 10. The van der Waals surface area contributed by atoms with Crippen LogP contribution in [0.3, 0.4) is 0 Å². The van der Waals surface area contributed by atoms with Crippen molar-refractivity contribution in [1.29, 1.82) is 0 Å². The summed E-state index contributed by atoms with van der Waals surface area (Å²) in [6, 6.07) is 13.5. The van der Waals surface area contributed by atoms with Gasteiger partial charge in [-0.15, -0.1) is 6.58 Å². The Bertz CT molecular complexity index is 1330. The number of fused-ring (bicyclic) bond motifs is 1. The molecule has 3 aliphatic rings. The number of aliphatic carboxylic acids is 1. The number of anilines is 1. The highest BCUT2D eigenvalue weighted by Crippen LogP contribution is 2.64. The van der Waals surface area contributed by atoms with Crippen LogP contribution in [0, 0.1) is 25.7 Å². The van der Waals surface area contributed by atoms with Crippen LogP contribution in [-0.4, -0.2) is 69.3 Å². The Labute approximate surface area is 235 Å². The monoisotopic (exact) mass is 546 g/mol. The number of carbonyl (C=O) groups is 3. The van der Waals surface area contributed by atoms with Gasteiger partial charge in [0.1, 0.15) is 17.6 Å². The molecule has 3 aliphatic heterocycles. The van der Waals surface area contributed by atoms with Crippen LogP contribution in [-0.2, 0) is 25.5 Å². The van der Waals surface area contributed by atoms with Crippen molar-refractivity contribution >= 4 is 23.5 Å². The van der Waals surface area contributed by atoms with E-state index in [0.29, 0.717) is 31.4 Å². The Kier molecular flexibility index (Phi) is 7.35. The zero-order chi connectivity index (χ0) is 28.8. The lowest BCUT2D eigenvalue weighted by molar-refractivity contribution is -0.157. The molecule has 2 aromatic rings. The molecular formula is C32H38N2O6. The molecule has 2 unspecified atom stereocenters. The van der Waals surface area contributed by atoms with Crippen molar-refractivity contribution < 1.29 is 29.3 Å². The van der Waals surface area contributed by atoms with E-state index in [2.05, 4.69) is 6.58 Å². The summed E-state index contributed by atoms with van der Waals surface area (Å²) in [5, 5.41) is 21.0. The molecule has 2 bridgehead atoms. The smallest absolute Gasteiger partial charge is 0.310 e. The average Bonchev–Trinajstić information content (AvgIpc) is 3.55. The third-order valence-corrected chi connectivity index (χ3v) is 9.27. The van der Waals surface area contributed by atoms with Crippen LogP contribution in [0.4, 0.5) is 5.69 Å². The molecule has 0 saturated carbocycles. The molecule has 2 N–H and O–H groups in total. The molecule has 2 aromatic carbocycles. The fourth-order valence-corrected chi connectivity index (χ4v) is 7.43. The quantitative estimate of drug-likeness (QED) is 0.441. The Hall–Kier alpha value is -3.49. The maximum atomic E-state index is 14.8. The number of benzene rings is 2. The van der Waals surface area contributed by atoms with Crippen molar-refractivity contribution in [3.8, 4) is 0 Å². The van der Waals surface area contributed by atoms with Crippen LogP contribution in [0.1, 0.15) is 42.9 Å². The fourth-order valence-electron chi connectivity index (χ4n) is 7.43. The molecule has 8 nitrogen and oxygen atoms in total. The summed E-state index contributed by atoms with van der Waals surface area (Å²) >= 11 is 0. The Balaban J connectivity index is 1.66. The maximum Gasteiger partial charge on any atom is 0.310 e. The second kappa shape index (κ2) is 10.5. The summed E-state index contributed by atoms with van der Waals surface area (Å²) in [5.74, 6) is -3.95. The normalized spacial score (nSPS) is 29.4. The van der Waals surface area contributed by atoms with Gasteiger partial charge in [-0.3, -0.25) is 14.4 Å². The first-order valence-electron chi connectivity index (χ1n) is 14.0. The number of nitrogens with zero attached hydrogens (tertiary/aromatic N) is 2. The van der Waals surface area contributed by atoms with Gasteiger partial charge in [0.05, 0.1) is 24.2 Å². The molecule has 2 amide bonds. The van der Waals surface area contributed by atoms with E-state index in [9.17, 15) is 24.6 Å². The molecule has 3 heterocycles. The number of hydrogen-bond donors (Lipinski definition) is 2. The molecule has 5 rings (SSSR count). The minimum absolute atomic E-state index is 0.201. The zero-order valence-electron chi connectivity index (χ0n) is 23.4. The molecule has 0 aliphatic carbocycles. The molecule has 40 heavy (non-hydrogen) atoms. The largest absolute Gasteiger partial charge is 0.481 e. The first-order chi connectivity index (χ1) is 19.1. The number of carboxylic acids is 1. The van der Waals surface area contributed by atoms with Gasteiger partial charge >= 0.3 is 5.97 Å². The van der Waals surface area contributed by atoms with Gasteiger partial charge in [-0.2, -0.15) is 0 Å². The summed E-state index contributed by atoms with van der Waals surface area (Å²) in [4.78, 5) is 44.9. The van der Waals surface area contributed by atoms with E-state index >= 15 is 0 Å². The second-order valence-corrected chi connectivity index (χ2v) is 11.5. The Morgan fingerprint density at radius 2 is 1.93 bits per heavy atom. The number of hydrogen-bond acceptors (Lipinski definition) is 5. The highest BCUT2D eigenvalue weighted by molar-refractivity contribution is 6.05. The summed E-state index contributed by atoms with van der Waals surface area (Å²) in [7, 11) is 0. The molecule has 0 aromatic heterocycles. The van der Waals surface area contributed by atoms with E-state index in [1.165, 1.54) is 4.90 Å². The van der Waals surface area contributed by atoms with Gasteiger partial charge < -0.3 is 24.7 Å². The van der Waals surface area contributed by atoms with E-state index in [0.717, 1.165) is 16.7 Å². The van der Waals surface area contributed by atoms with Gasteiger partial charge in [0.15, 0.2) is 0 Å². The van der Waals surface area contributed by atoms with Gasteiger partial charge in [-0.1, -0.05) is 55.5 Å². The van der Waals surface area contributed by atoms with Gasteiger partial charge in [0, 0.05) is 12.2 Å². The Morgan fingerprint density at radius 1 is 1.20 bits per heavy atom. The van der Waals surface area contributed by atoms with E-state index in [1.807, 2.05) is 69.3 Å². The van der Waals surface area contributed by atoms with Crippen LogP contribution in [0.25, 0.3) is 0 Å². The molecule has 8 heteroatoms. The second-order valence-electron chi connectivity index (χ2n) is 11.5. The van der Waals surface area contributed by atoms with Crippen LogP contribution < -0.4 is 4.90 Å². The van der Waals surface area contributed by atoms with Crippen LogP contribution in [0.5, 0.6) is 0 Å². The van der Waals surface area contributed by atoms with E-state index in [1.54, 1.807) is 11.0 Å². The van der Waals surface area contributed by atoms with Crippen LogP contribution in [0.2, 0.25) is 0 Å². The maximum absolute atomic E-state index is 14.8. The van der Waals surface area contributed by atoms with Crippen molar-refractivity contribution in [3.63, 3.8) is 0 Å². The summed E-state index contributed by atoms with van der Waals surface area (Å²) in [6.45, 7) is 9.45. The molecular weight excluding hydrogens is 508 g/mol.